The van der Waals surface area contributed by atoms with Crippen molar-refractivity contribution in [2.24, 2.45) is 5.92 Å². The first kappa shape index (κ1) is 12.5. The molecular weight excluding hydrogens is 204 g/mol. The molecule has 16 heavy (non-hydrogen) atoms. The molecule has 0 aliphatic carbocycles. The minimum atomic E-state index is -0.357. The first-order chi connectivity index (χ1) is 7.58. The lowest BCUT2D eigenvalue weighted by atomic mass is 10.2. The van der Waals surface area contributed by atoms with Crippen LogP contribution in [-0.4, -0.2) is 12.6 Å². The Morgan fingerprint density at radius 3 is 2.50 bits per heavy atom. The number of aryl methyl sites for hydroxylation is 1. The quantitative estimate of drug-likeness (QED) is 0.769. The highest BCUT2D eigenvalue weighted by molar-refractivity contribution is 5.88. The number of benzene rings is 1. The van der Waals surface area contributed by atoms with E-state index in [1.54, 1.807) is 0 Å². The van der Waals surface area contributed by atoms with Crippen LogP contribution >= 0.6 is 0 Å². The zero-order valence-electron chi connectivity index (χ0n) is 9.91. The first-order valence-electron chi connectivity index (χ1n) is 5.33. The second-order valence-corrected chi connectivity index (χ2v) is 4.13. The van der Waals surface area contributed by atoms with Crippen molar-refractivity contribution in [2.75, 3.05) is 11.9 Å². The molecule has 1 aromatic rings. The molecular formula is C12H18N2O2. The number of nitrogens with one attached hydrogen (secondary N) is 2. The van der Waals surface area contributed by atoms with Gasteiger partial charge in [-0.15, -0.1) is 0 Å². The smallest absolute Gasteiger partial charge is 0.306 e. The number of amides is 2. The molecule has 0 bridgehead atoms. The summed E-state index contributed by atoms with van der Waals surface area (Å²) in [6, 6.07) is 7.20. The Labute approximate surface area is 95.9 Å². The molecule has 0 unspecified atom stereocenters. The Morgan fingerprint density at radius 1 is 1.31 bits per heavy atom. The van der Waals surface area contributed by atoms with E-state index in [-0.39, 0.29) is 6.03 Å². The van der Waals surface area contributed by atoms with Crippen molar-refractivity contribution in [3.05, 3.63) is 29.8 Å². The summed E-state index contributed by atoms with van der Waals surface area (Å²) in [6.45, 7) is 6.52. The highest BCUT2D eigenvalue weighted by atomic mass is 16.7. The molecule has 0 aliphatic rings. The molecule has 0 fully saturated rings. The van der Waals surface area contributed by atoms with Crippen molar-refractivity contribution in [2.45, 2.75) is 20.8 Å². The fourth-order valence-electron chi connectivity index (χ4n) is 1.07. The molecule has 0 atom stereocenters. The fourth-order valence-corrected chi connectivity index (χ4v) is 1.07. The molecule has 0 radical (unpaired) electrons. The minimum Gasteiger partial charge on any atom is -0.306 e. The van der Waals surface area contributed by atoms with E-state index in [2.05, 4.69) is 10.8 Å². The zero-order valence-corrected chi connectivity index (χ0v) is 9.91. The van der Waals surface area contributed by atoms with Gasteiger partial charge in [0.25, 0.3) is 0 Å². The summed E-state index contributed by atoms with van der Waals surface area (Å²) >= 11 is 0. The van der Waals surface area contributed by atoms with Crippen LogP contribution < -0.4 is 10.8 Å². The van der Waals surface area contributed by atoms with Crippen molar-refractivity contribution in [3.8, 4) is 0 Å². The third-order valence-electron chi connectivity index (χ3n) is 1.89. The maximum Gasteiger partial charge on any atom is 0.343 e. The third kappa shape index (κ3) is 4.79. The van der Waals surface area contributed by atoms with Crippen LogP contribution in [0.1, 0.15) is 19.4 Å². The Morgan fingerprint density at radius 2 is 1.94 bits per heavy atom. The van der Waals surface area contributed by atoms with Crippen molar-refractivity contribution >= 4 is 11.7 Å². The number of hydroxylamine groups is 1. The van der Waals surface area contributed by atoms with Gasteiger partial charge in [0.05, 0.1) is 6.61 Å². The number of hydrogen-bond acceptors (Lipinski definition) is 2. The molecule has 0 spiro atoms. The number of carbonyl (C=O) groups is 1. The van der Waals surface area contributed by atoms with Gasteiger partial charge in [-0.3, -0.25) is 4.84 Å². The maximum absolute atomic E-state index is 11.3. The van der Waals surface area contributed by atoms with Gasteiger partial charge in [0.2, 0.25) is 0 Å². The Kier molecular flexibility index (Phi) is 4.79. The lowest BCUT2D eigenvalue weighted by Gasteiger charge is -2.09. The van der Waals surface area contributed by atoms with Crippen LogP contribution in [0.3, 0.4) is 0 Å². The third-order valence-corrected chi connectivity index (χ3v) is 1.89. The number of carbonyl (C=O) groups excluding carboxylic acids is 1. The second kappa shape index (κ2) is 6.12. The first-order valence-corrected chi connectivity index (χ1v) is 5.33. The average molecular weight is 222 g/mol. The monoisotopic (exact) mass is 222 g/mol. The summed E-state index contributed by atoms with van der Waals surface area (Å²) in [4.78, 5) is 16.3. The maximum atomic E-state index is 11.3. The van der Waals surface area contributed by atoms with Crippen LogP contribution in [0.4, 0.5) is 10.5 Å². The van der Waals surface area contributed by atoms with E-state index in [1.807, 2.05) is 45.0 Å². The fraction of sp³-hybridized carbons (Fsp3) is 0.417. The van der Waals surface area contributed by atoms with Crippen molar-refractivity contribution in [3.63, 3.8) is 0 Å². The summed E-state index contributed by atoms with van der Waals surface area (Å²) in [7, 11) is 0. The second-order valence-electron chi connectivity index (χ2n) is 4.13. The van der Waals surface area contributed by atoms with Gasteiger partial charge < -0.3 is 5.32 Å². The molecule has 0 saturated carbocycles. The van der Waals surface area contributed by atoms with E-state index >= 15 is 0 Å². The number of hydrogen-bond donors (Lipinski definition) is 2. The van der Waals surface area contributed by atoms with E-state index in [4.69, 9.17) is 4.84 Å². The Bertz CT molecular complexity index is 333. The number of rotatable bonds is 4. The lowest BCUT2D eigenvalue weighted by Crippen LogP contribution is -2.30. The largest absolute Gasteiger partial charge is 0.343 e. The Hall–Kier alpha value is -1.55. The van der Waals surface area contributed by atoms with Crippen LogP contribution in [0.25, 0.3) is 0 Å². The average Bonchev–Trinajstić information content (AvgIpc) is 2.21. The molecule has 0 saturated heterocycles. The van der Waals surface area contributed by atoms with Gasteiger partial charge in [0.15, 0.2) is 0 Å². The van der Waals surface area contributed by atoms with Crippen LogP contribution in [0.15, 0.2) is 24.3 Å². The van der Waals surface area contributed by atoms with E-state index in [1.165, 1.54) is 0 Å². The van der Waals surface area contributed by atoms with Crippen molar-refractivity contribution in [1.82, 2.24) is 5.48 Å². The van der Waals surface area contributed by atoms with Crippen LogP contribution in [0.2, 0.25) is 0 Å². The van der Waals surface area contributed by atoms with Gasteiger partial charge >= 0.3 is 6.03 Å². The zero-order chi connectivity index (χ0) is 12.0. The van der Waals surface area contributed by atoms with Gasteiger partial charge in [-0.05, 0) is 25.0 Å². The van der Waals surface area contributed by atoms with E-state index in [9.17, 15) is 4.79 Å². The SMILES string of the molecule is Cc1ccc(NC(=O)NOCC(C)C)cc1. The van der Waals surface area contributed by atoms with Crippen LogP contribution in [0.5, 0.6) is 0 Å². The predicted molar refractivity (Wildman–Crippen MR) is 64.1 cm³/mol. The molecule has 1 aromatic carbocycles. The summed E-state index contributed by atoms with van der Waals surface area (Å²) in [6.07, 6.45) is 0. The highest BCUT2D eigenvalue weighted by Crippen LogP contribution is 2.07. The summed E-state index contributed by atoms with van der Waals surface area (Å²) in [5, 5.41) is 2.67. The predicted octanol–water partition coefficient (Wildman–Crippen LogP) is 2.70. The normalized spacial score (nSPS) is 10.2. The molecule has 2 N–H and O–H groups in total. The van der Waals surface area contributed by atoms with Crippen molar-refractivity contribution in [1.29, 1.82) is 0 Å². The summed E-state index contributed by atoms with van der Waals surface area (Å²) in [5.74, 6) is 0.389. The molecule has 88 valence electrons. The number of urea groups is 1. The van der Waals surface area contributed by atoms with Crippen LogP contribution in [0, 0.1) is 12.8 Å². The van der Waals surface area contributed by atoms with Crippen molar-refractivity contribution < 1.29 is 9.63 Å². The van der Waals surface area contributed by atoms with Gasteiger partial charge in [-0.25, -0.2) is 10.3 Å². The minimum absolute atomic E-state index is 0.357. The van der Waals surface area contributed by atoms with Gasteiger partial charge in [-0.2, -0.15) is 0 Å². The molecule has 4 nitrogen and oxygen atoms in total. The van der Waals surface area contributed by atoms with Gasteiger partial charge in [0, 0.05) is 5.69 Å². The Balaban J connectivity index is 2.31. The standard InChI is InChI=1S/C12H18N2O2/c1-9(2)8-16-14-12(15)13-11-6-4-10(3)5-7-11/h4-7,9H,8H2,1-3H3,(H2,13,14,15). The molecule has 2 amide bonds. The molecule has 0 aromatic heterocycles. The lowest BCUT2D eigenvalue weighted by molar-refractivity contribution is 0.0482. The molecule has 1 rings (SSSR count). The topological polar surface area (TPSA) is 50.4 Å². The van der Waals surface area contributed by atoms with Crippen LogP contribution in [-0.2, 0) is 4.84 Å². The highest BCUT2D eigenvalue weighted by Gasteiger charge is 2.01. The van der Waals surface area contributed by atoms with E-state index < -0.39 is 0 Å². The summed E-state index contributed by atoms with van der Waals surface area (Å²) in [5.41, 5.74) is 4.23. The van der Waals surface area contributed by atoms with E-state index in [0.29, 0.717) is 12.5 Å². The molecule has 4 heteroatoms. The van der Waals surface area contributed by atoms with Gasteiger partial charge in [-0.1, -0.05) is 31.5 Å². The van der Waals surface area contributed by atoms with Gasteiger partial charge in [0.1, 0.15) is 0 Å². The molecule has 0 aliphatic heterocycles. The number of anilines is 1. The molecule has 0 heterocycles. The van der Waals surface area contributed by atoms with E-state index in [0.717, 1.165) is 11.3 Å². The summed E-state index contributed by atoms with van der Waals surface area (Å²) < 4.78 is 0.